The van der Waals surface area contributed by atoms with Gasteiger partial charge in [-0.15, -0.1) is 0 Å². The van der Waals surface area contributed by atoms with Crippen LogP contribution in [-0.4, -0.2) is 22.9 Å². The first-order valence-corrected chi connectivity index (χ1v) is 9.08. The number of pyridine rings is 1. The summed E-state index contributed by atoms with van der Waals surface area (Å²) in [6, 6.07) is 16.8. The first-order valence-electron chi connectivity index (χ1n) is 9.08. The number of carbonyl (C=O) groups is 1. The Morgan fingerprint density at radius 1 is 1.11 bits per heavy atom. The Morgan fingerprint density at radius 2 is 1.96 bits per heavy atom. The zero-order valence-electron chi connectivity index (χ0n) is 15.8. The molecule has 0 aliphatic heterocycles. The summed E-state index contributed by atoms with van der Waals surface area (Å²) < 4.78 is 5.31. The third-order valence-corrected chi connectivity index (χ3v) is 4.73. The number of Topliss-reactive ketones (excluding diaryl/α,β-unsaturated/α-hetero) is 1. The topological polar surface area (TPSA) is 67.0 Å². The van der Waals surface area contributed by atoms with Crippen LogP contribution in [0.5, 0.6) is 5.75 Å². The maximum atomic E-state index is 13.5. The van der Waals surface area contributed by atoms with E-state index in [1.807, 2.05) is 61.5 Å². The summed E-state index contributed by atoms with van der Waals surface area (Å²) in [6.07, 6.45) is 5.29. The molecular formula is C23H21N3O2. The zero-order chi connectivity index (χ0) is 19.5. The summed E-state index contributed by atoms with van der Waals surface area (Å²) >= 11 is 0. The molecule has 0 spiro atoms. The smallest absolute Gasteiger partial charge is 0.191 e. The van der Waals surface area contributed by atoms with Crippen LogP contribution in [-0.2, 0) is 0 Å². The fourth-order valence-corrected chi connectivity index (χ4v) is 3.35. The van der Waals surface area contributed by atoms with Crippen LogP contribution in [0.2, 0.25) is 0 Å². The average Bonchev–Trinajstić information content (AvgIpc) is 3.16. The standard InChI is InChI=1S/C23H21N3O2/c1-15-10-16(13-24-12-15)22(26-17-6-5-7-18(11-17)28-2)23(27)20-14-25-21-9-4-3-8-19(20)21/h3-14,22,25-26H,1-2H3. The lowest BCUT2D eigenvalue weighted by Gasteiger charge is -2.20. The number of rotatable bonds is 6. The molecule has 5 heteroatoms. The molecule has 0 fully saturated rings. The Labute approximate surface area is 163 Å². The molecule has 2 heterocycles. The van der Waals surface area contributed by atoms with Gasteiger partial charge in [0.25, 0.3) is 0 Å². The molecule has 4 aromatic rings. The van der Waals surface area contributed by atoms with Crippen LogP contribution in [0.1, 0.15) is 27.5 Å². The number of hydrogen-bond acceptors (Lipinski definition) is 4. The van der Waals surface area contributed by atoms with Crippen molar-refractivity contribution in [3.63, 3.8) is 0 Å². The highest BCUT2D eigenvalue weighted by molar-refractivity contribution is 6.11. The van der Waals surface area contributed by atoms with E-state index in [1.165, 1.54) is 0 Å². The quantitative estimate of drug-likeness (QED) is 0.472. The maximum absolute atomic E-state index is 13.5. The molecule has 4 rings (SSSR count). The van der Waals surface area contributed by atoms with Gasteiger partial charge in [-0.1, -0.05) is 30.3 Å². The van der Waals surface area contributed by atoms with E-state index in [1.54, 1.807) is 25.7 Å². The number of aromatic amines is 1. The summed E-state index contributed by atoms with van der Waals surface area (Å²) in [5, 5.41) is 4.27. The first-order chi connectivity index (χ1) is 13.7. The average molecular weight is 371 g/mol. The van der Waals surface area contributed by atoms with Crippen molar-refractivity contribution >= 4 is 22.4 Å². The minimum absolute atomic E-state index is 0.0207. The molecule has 5 nitrogen and oxygen atoms in total. The zero-order valence-corrected chi connectivity index (χ0v) is 15.8. The van der Waals surface area contributed by atoms with Gasteiger partial charge in [0.1, 0.15) is 11.8 Å². The van der Waals surface area contributed by atoms with E-state index in [-0.39, 0.29) is 5.78 Å². The number of fused-ring (bicyclic) bond motifs is 1. The molecule has 0 aliphatic carbocycles. The second kappa shape index (κ2) is 7.56. The molecular weight excluding hydrogens is 350 g/mol. The maximum Gasteiger partial charge on any atom is 0.191 e. The number of H-pyrrole nitrogens is 1. The second-order valence-electron chi connectivity index (χ2n) is 6.72. The predicted molar refractivity (Wildman–Crippen MR) is 111 cm³/mol. The molecule has 2 aromatic heterocycles. The molecule has 1 unspecified atom stereocenters. The van der Waals surface area contributed by atoms with Gasteiger partial charge in [0.15, 0.2) is 5.78 Å². The fraction of sp³-hybridized carbons (Fsp3) is 0.130. The van der Waals surface area contributed by atoms with E-state index in [9.17, 15) is 4.79 Å². The molecule has 0 saturated carbocycles. The summed E-state index contributed by atoms with van der Waals surface area (Å²) in [5.41, 5.74) is 4.21. The van der Waals surface area contributed by atoms with Gasteiger partial charge in [-0.2, -0.15) is 0 Å². The van der Waals surface area contributed by atoms with Crippen molar-refractivity contribution in [1.29, 1.82) is 0 Å². The number of nitrogens with one attached hydrogen (secondary N) is 2. The number of ether oxygens (including phenoxy) is 1. The second-order valence-corrected chi connectivity index (χ2v) is 6.72. The number of benzene rings is 2. The molecule has 0 amide bonds. The van der Waals surface area contributed by atoms with Gasteiger partial charge in [-0.05, 0) is 30.7 Å². The van der Waals surface area contributed by atoms with E-state index >= 15 is 0 Å². The van der Waals surface area contributed by atoms with Gasteiger partial charge in [0.2, 0.25) is 0 Å². The van der Waals surface area contributed by atoms with Crippen molar-refractivity contribution in [3.8, 4) is 5.75 Å². The highest BCUT2D eigenvalue weighted by Crippen LogP contribution is 2.29. The van der Waals surface area contributed by atoms with Crippen molar-refractivity contribution < 1.29 is 9.53 Å². The number of nitrogens with zero attached hydrogens (tertiary/aromatic N) is 1. The largest absolute Gasteiger partial charge is 0.497 e. The van der Waals surface area contributed by atoms with Crippen LogP contribution in [0, 0.1) is 6.92 Å². The van der Waals surface area contributed by atoms with E-state index in [4.69, 9.17) is 4.74 Å². The molecule has 0 saturated heterocycles. The van der Waals surface area contributed by atoms with Crippen LogP contribution in [0.25, 0.3) is 10.9 Å². The van der Waals surface area contributed by atoms with Crippen LogP contribution in [0.3, 0.4) is 0 Å². The van der Waals surface area contributed by atoms with Crippen molar-refractivity contribution in [2.45, 2.75) is 13.0 Å². The van der Waals surface area contributed by atoms with Gasteiger partial charge in [-0.3, -0.25) is 9.78 Å². The van der Waals surface area contributed by atoms with Crippen molar-refractivity contribution in [2.24, 2.45) is 0 Å². The van der Waals surface area contributed by atoms with Crippen LogP contribution in [0.4, 0.5) is 5.69 Å². The van der Waals surface area contributed by atoms with Gasteiger partial charge in [-0.25, -0.2) is 0 Å². The third-order valence-electron chi connectivity index (χ3n) is 4.73. The van der Waals surface area contributed by atoms with E-state index in [0.29, 0.717) is 5.56 Å². The van der Waals surface area contributed by atoms with Gasteiger partial charge >= 0.3 is 0 Å². The summed E-state index contributed by atoms with van der Waals surface area (Å²) in [6.45, 7) is 1.97. The van der Waals surface area contributed by atoms with Crippen molar-refractivity contribution in [3.05, 3.63) is 89.9 Å². The van der Waals surface area contributed by atoms with E-state index < -0.39 is 6.04 Å². The minimum Gasteiger partial charge on any atom is -0.497 e. The predicted octanol–water partition coefficient (Wildman–Crippen LogP) is 4.92. The SMILES string of the molecule is COc1cccc(NC(C(=O)c2c[nH]c3ccccc23)c2cncc(C)c2)c1. The molecule has 2 aromatic carbocycles. The lowest BCUT2D eigenvalue weighted by Crippen LogP contribution is -2.21. The number of ketones is 1. The number of carbonyl (C=O) groups excluding carboxylic acids is 1. The number of para-hydroxylation sites is 1. The summed E-state index contributed by atoms with van der Waals surface area (Å²) in [5.74, 6) is 0.707. The minimum atomic E-state index is -0.571. The summed E-state index contributed by atoms with van der Waals surface area (Å²) in [7, 11) is 1.62. The Morgan fingerprint density at radius 3 is 2.79 bits per heavy atom. The van der Waals surface area contributed by atoms with Gasteiger partial charge in [0.05, 0.1) is 7.11 Å². The van der Waals surface area contributed by atoms with Crippen LogP contribution >= 0.6 is 0 Å². The van der Waals surface area contributed by atoms with Gasteiger partial charge in [0, 0.05) is 52.4 Å². The lowest BCUT2D eigenvalue weighted by atomic mass is 9.97. The number of hydrogen-bond donors (Lipinski definition) is 2. The lowest BCUT2D eigenvalue weighted by molar-refractivity contribution is 0.0971. The molecule has 28 heavy (non-hydrogen) atoms. The Balaban J connectivity index is 1.77. The number of anilines is 1. The third kappa shape index (κ3) is 3.47. The Bertz CT molecular complexity index is 1130. The Kier molecular flexibility index (Phi) is 4.81. The molecule has 0 bridgehead atoms. The van der Waals surface area contributed by atoms with Crippen molar-refractivity contribution in [2.75, 3.05) is 12.4 Å². The van der Waals surface area contributed by atoms with Gasteiger partial charge < -0.3 is 15.0 Å². The highest BCUT2D eigenvalue weighted by atomic mass is 16.5. The summed E-state index contributed by atoms with van der Waals surface area (Å²) in [4.78, 5) is 21.0. The van der Waals surface area contributed by atoms with E-state index in [2.05, 4.69) is 15.3 Å². The molecule has 0 aliphatic rings. The monoisotopic (exact) mass is 371 g/mol. The number of methoxy groups -OCH3 is 1. The normalized spacial score (nSPS) is 11.9. The molecule has 140 valence electrons. The Hall–Kier alpha value is -3.60. The molecule has 1 atom stereocenters. The van der Waals surface area contributed by atoms with E-state index in [0.717, 1.165) is 33.5 Å². The molecule has 2 N–H and O–H groups in total. The number of aromatic nitrogens is 2. The van der Waals surface area contributed by atoms with Crippen LogP contribution < -0.4 is 10.1 Å². The first kappa shape index (κ1) is 17.8. The fourth-order valence-electron chi connectivity index (χ4n) is 3.35. The molecule has 0 radical (unpaired) electrons. The van der Waals surface area contributed by atoms with Crippen molar-refractivity contribution in [1.82, 2.24) is 9.97 Å². The van der Waals surface area contributed by atoms with Crippen LogP contribution in [0.15, 0.2) is 73.2 Å². The highest BCUT2D eigenvalue weighted by Gasteiger charge is 2.25. The number of aryl methyl sites for hydroxylation is 1.